The summed E-state index contributed by atoms with van der Waals surface area (Å²) in [7, 11) is -1.00. The number of aromatic nitrogens is 4. The molecular weight excluding hydrogens is 578 g/mol. The molecule has 2 heterocycles. The zero-order chi connectivity index (χ0) is 32.5. The van der Waals surface area contributed by atoms with Crippen LogP contribution in [0.15, 0.2) is 78.9 Å². The van der Waals surface area contributed by atoms with Crippen LogP contribution in [-0.2, 0) is 27.8 Å². The van der Waals surface area contributed by atoms with Crippen LogP contribution in [0.5, 0.6) is 0 Å². The van der Waals surface area contributed by atoms with E-state index in [9.17, 15) is 22.4 Å². The van der Waals surface area contributed by atoms with Gasteiger partial charge in [-0.25, -0.2) is 4.79 Å². The Kier molecular flexibility index (Phi) is 10.2. The van der Waals surface area contributed by atoms with E-state index >= 15 is 0 Å². The molecule has 5 rings (SSSR count). The third-order valence-electron chi connectivity index (χ3n) is 7.76. The standard InChI is InChI=1S/C31H32F3N5O3.CH3F/c1-21-15-25(17-27(16-21)31(32,33)34)22(2)42-20-30(26-11-7-4-8-12-26)14-13-24(28-35-37-38-36-28)18-39(30)29(40)41-19-23-9-5-3-6-10-23;1-2/h3-12,15-17,22,24H,13-14,18-20H2,1-2H3,(H,35,36,37,38);1H3/t22?,24?,30-;/m1./s1/i;1D. The monoisotopic (exact) mass is 614 g/mol. The van der Waals surface area contributed by atoms with Crippen LogP contribution in [0, 0.1) is 6.92 Å². The van der Waals surface area contributed by atoms with Crippen molar-refractivity contribution in [3.63, 3.8) is 0 Å². The molecule has 0 bridgehead atoms. The van der Waals surface area contributed by atoms with Crippen molar-refractivity contribution in [1.82, 2.24) is 25.5 Å². The van der Waals surface area contributed by atoms with E-state index in [0.29, 0.717) is 29.8 Å². The Balaban J connectivity index is 0.00000148. The van der Waals surface area contributed by atoms with Crippen molar-refractivity contribution in [2.24, 2.45) is 0 Å². The summed E-state index contributed by atoms with van der Waals surface area (Å²) in [6, 6.07) is 22.8. The van der Waals surface area contributed by atoms with E-state index < -0.39 is 36.6 Å². The number of carbonyl (C=O) groups excluding carboxylic acids is 1. The van der Waals surface area contributed by atoms with Crippen LogP contribution in [0.4, 0.5) is 22.4 Å². The minimum Gasteiger partial charge on any atom is -0.445 e. The van der Waals surface area contributed by atoms with Gasteiger partial charge >= 0.3 is 12.3 Å². The molecule has 1 amide bonds. The molecule has 44 heavy (non-hydrogen) atoms. The highest BCUT2D eigenvalue weighted by molar-refractivity contribution is 5.70. The fraction of sp³-hybridized carbons (Fsp3) is 0.375. The Labute approximate surface area is 254 Å². The first-order valence-electron chi connectivity index (χ1n) is 14.7. The molecule has 2 unspecified atom stereocenters. The summed E-state index contributed by atoms with van der Waals surface area (Å²) < 4.78 is 68.3. The average molecular weight is 615 g/mol. The van der Waals surface area contributed by atoms with Gasteiger partial charge in [0, 0.05) is 12.5 Å². The smallest absolute Gasteiger partial charge is 0.416 e. The second-order valence-electron chi connectivity index (χ2n) is 10.6. The van der Waals surface area contributed by atoms with Crippen molar-refractivity contribution >= 4 is 6.09 Å². The zero-order valence-electron chi connectivity index (χ0n) is 25.4. The van der Waals surface area contributed by atoms with Gasteiger partial charge in [-0.1, -0.05) is 77.5 Å². The first-order chi connectivity index (χ1) is 21.6. The molecule has 4 aromatic rings. The van der Waals surface area contributed by atoms with Gasteiger partial charge in [0.05, 0.1) is 32.3 Å². The lowest BCUT2D eigenvalue weighted by atomic mass is 9.77. The van der Waals surface area contributed by atoms with E-state index in [4.69, 9.17) is 10.8 Å². The maximum absolute atomic E-state index is 13.8. The van der Waals surface area contributed by atoms with Crippen LogP contribution in [0.2, 0.25) is 0 Å². The molecule has 234 valence electrons. The molecular formula is C32H35F4N5O3. The van der Waals surface area contributed by atoms with Gasteiger partial charge < -0.3 is 9.47 Å². The van der Waals surface area contributed by atoms with Gasteiger partial charge in [0.2, 0.25) is 0 Å². The van der Waals surface area contributed by atoms with Crippen LogP contribution in [0.25, 0.3) is 0 Å². The molecule has 1 saturated heterocycles. The van der Waals surface area contributed by atoms with Gasteiger partial charge in [-0.05, 0) is 55.5 Å². The summed E-state index contributed by atoms with van der Waals surface area (Å²) in [5.41, 5.74) is 0.884. The number of alkyl halides is 4. The quantitative estimate of drug-likeness (QED) is 0.209. The Morgan fingerprint density at radius 1 is 1.14 bits per heavy atom. The molecule has 3 atom stereocenters. The highest BCUT2D eigenvalue weighted by Gasteiger charge is 2.48. The van der Waals surface area contributed by atoms with Gasteiger partial charge in [-0.3, -0.25) is 9.29 Å². The Hall–Kier alpha value is -4.32. The van der Waals surface area contributed by atoms with Crippen molar-refractivity contribution in [2.75, 3.05) is 20.3 Å². The van der Waals surface area contributed by atoms with Crippen molar-refractivity contribution in [3.05, 3.63) is 113 Å². The van der Waals surface area contributed by atoms with E-state index in [2.05, 4.69) is 20.6 Å². The number of nitrogens with one attached hydrogen (secondary N) is 1. The number of aryl methyl sites for hydroxylation is 1. The molecule has 0 spiro atoms. The number of carbonyl (C=O) groups is 1. The van der Waals surface area contributed by atoms with Gasteiger partial charge in [0.25, 0.3) is 0 Å². The lowest BCUT2D eigenvalue weighted by molar-refractivity contribution is -0.137. The molecule has 8 nitrogen and oxygen atoms in total. The number of nitrogens with zero attached hydrogens (tertiary/aromatic N) is 4. The predicted molar refractivity (Wildman–Crippen MR) is 155 cm³/mol. The maximum atomic E-state index is 13.8. The third-order valence-corrected chi connectivity index (χ3v) is 7.76. The highest BCUT2D eigenvalue weighted by Crippen LogP contribution is 2.43. The number of piperidine rings is 1. The number of amides is 1. The van der Waals surface area contributed by atoms with Gasteiger partial charge in [-0.2, -0.15) is 18.4 Å². The van der Waals surface area contributed by atoms with Gasteiger partial charge in [-0.15, -0.1) is 10.2 Å². The maximum Gasteiger partial charge on any atom is 0.416 e. The summed E-state index contributed by atoms with van der Waals surface area (Å²) in [6.07, 6.45) is -4.59. The molecule has 1 aromatic heterocycles. The number of aromatic amines is 1. The molecule has 0 aliphatic carbocycles. The van der Waals surface area contributed by atoms with Crippen molar-refractivity contribution in [3.8, 4) is 0 Å². The summed E-state index contributed by atoms with van der Waals surface area (Å²) in [4.78, 5) is 15.5. The van der Waals surface area contributed by atoms with Crippen LogP contribution >= 0.6 is 0 Å². The number of tetrazole rings is 1. The minimum absolute atomic E-state index is 0.0346. The van der Waals surface area contributed by atoms with E-state index in [0.717, 1.165) is 23.3 Å². The number of benzene rings is 3. The number of likely N-dealkylation sites (tertiary alicyclic amines) is 1. The second-order valence-corrected chi connectivity index (χ2v) is 10.6. The molecule has 1 aliphatic heterocycles. The lowest BCUT2D eigenvalue weighted by Gasteiger charge is -2.48. The lowest BCUT2D eigenvalue weighted by Crippen LogP contribution is -2.57. The zero-order valence-corrected chi connectivity index (χ0v) is 24.4. The highest BCUT2D eigenvalue weighted by atomic mass is 19.4. The Bertz CT molecular complexity index is 1500. The van der Waals surface area contributed by atoms with E-state index in [1.54, 1.807) is 24.8 Å². The molecule has 12 heteroatoms. The van der Waals surface area contributed by atoms with Crippen LogP contribution in [0.1, 0.15) is 66.8 Å². The number of hydrogen-bond donors (Lipinski definition) is 1. The molecule has 1 aliphatic rings. The van der Waals surface area contributed by atoms with Crippen molar-refractivity contribution < 1.29 is 33.2 Å². The average Bonchev–Trinajstić information content (AvgIpc) is 3.58. The van der Waals surface area contributed by atoms with Crippen molar-refractivity contribution in [1.29, 1.82) is 0 Å². The minimum atomic E-state index is -4.47. The summed E-state index contributed by atoms with van der Waals surface area (Å²) >= 11 is 0. The van der Waals surface area contributed by atoms with Crippen LogP contribution < -0.4 is 0 Å². The number of ether oxygens (including phenoxy) is 2. The predicted octanol–water partition coefficient (Wildman–Crippen LogP) is 7.30. The van der Waals surface area contributed by atoms with Crippen LogP contribution in [0.3, 0.4) is 0 Å². The largest absolute Gasteiger partial charge is 0.445 e. The second kappa shape index (κ2) is 14.4. The first-order valence-corrected chi connectivity index (χ1v) is 14.0. The summed E-state index contributed by atoms with van der Waals surface area (Å²) in [6.45, 7) is 3.70. The number of hydrogen-bond acceptors (Lipinski definition) is 6. The number of halogens is 4. The van der Waals surface area contributed by atoms with Crippen LogP contribution in [-0.4, -0.2) is 51.9 Å². The summed E-state index contributed by atoms with van der Waals surface area (Å²) in [5.74, 6) is 0.291. The molecule has 0 radical (unpaired) electrons. The fourth-order valence-corrected chi connectivity index (χ4v) is 5.49. The Morgan fingerprint density at radius 3 is 2.45 bits per heavy atom. The fourth-order valence-electron chi connectivity index (χ4n) is 5.49. The number of H-pyrrole nitrogens is 1. The molecule has 3 aromatic carbocycles. The molecule has 1 N–H and O–H groups in total. The third kappa shape index (κ3) is 7.60. The SMILES string of the molecule is Cc1cc(C(C)OC[C@@]2(c3ccccc3)CCC(c3nn[nH]n3)CN2C(=O)OCc2ccccc2)cc(C(F)(F)F)c1.[2H]CF. The Morgan fingerprint density at radius 2 is 1.82 bits per heavy atom. The van der Waals surface area contributed by atoms with Gasteiger partial charge in [0.15, 0.2) is 5.82 Å². The first kappa shape index (κ1) is 31.1. The van der Waals surface area contributed by atoms with E-state index in [1.165, 1.54) is 0 Å². The normalized spacial score (nSPS) is 19.4. The topological polar surface area (TPSA) is 93.2 Å². The number of rotatable bonds is 8. The molecule has 0 saturated carbocycles. The van der Waals surface area contributed by atoms with Crippen molar-refractivity contribution in [2.45, 2.75) is 57.0 Å². The summed E-state index contributed by atoms with van der Waals surface area (Å²) in [5, 5.41) is 14.5. The van der Waals surface area contributed by atoms with Gasteiger partial charge in [0.1, 0.15) is 6.61 Å². The molecule has 1 fully saturated rings. The van der Waals surface area contributed by atoms with E-state index in [1.807, 2.05) is 60.7 Å². The van der Waals surface area contributed by atoms with E-state index in [-0.39, 0.29) is 25.7 Å².